The van der Waals surface area contributed by atoms with Gasteiger partial charge in [-0.1, -0.05) is 158 Å². The van der Waals surface area contributed by atoms with Crippen molar-refractivity contribution in [2.24, 2.45) is 0 Å². The highest BCUT2D eigenvalue weighted by atomic mass is 14.4. The van der Waals surface area contributed by atoms with Crippen LogP contribution in [0.4, 0.5) is 0 Å². The summed E-state index contributed by atoms with van der Waals surface area (Å²) in [4.78, 5) is 0. The van der Waals surface area contributed by atoms with Crippen LogP contribution in [0.1, 0.15) is 23.6 Å². The van der Waals surface area contributed by atoms with E-state index in [-0.39, 0.29) is 5.41 Å². The van der Waals surface area contributed by atoms with Crippen LogP contribution in [-0.2, 0) is 5.41 Å². The summed E-state index contributed by atoms with van der Waals surface area (Å²) in [5.41, 5.74) is 11.6. The predicted octanol–water partition coefficient (Wildman–Crippen LogP) is 13.0. The Labute approximate surface area is 280 Å². The Hall–Kier alpha value is -5.98. The second kappa shape index (κ2) is 10.3. The van der Waals surface area contributed by atoms with Crippen molar-refractivity contribution in [2.45, 2.75) is 12.3 Å². The maximum atomic E-state index is 2.47. The molecule has 0 amide bonds. The molecule has 1 aliphatic carbocycles. The van der Waals surface area contributed by atoms with Crippen LogP contribution in [0.5, 0.6) is 0 Å². The fourth-order valence-electron chi connectivity index (χ4n) is 8.64. The molecule has 1 atom stereocenters. The summed E-state index contributed by atoms with van der Waals surface area (Å²) in [5.74, 6) is 0. The summed E-state index contributed by atoms with van der Waals surface area (Å²) in [7, 11) is 0. The van der Waals surface area contributed by atoms with Gasteiger partial charge in [0.05, 0.1) is 0 Å². The number of benzene rings is 9. The molecule has 0 spiro atoms. The molecular weight excluding hydrogens is 577 g/mol. The minimum Gasteiger partial charge on any atom is -0.0622 e. The second-order valence-corrected chi connectivity index (χ2v) is 13.4. The lowest BCUT2D eigenvalue weighted by atomic mass is 9.74. The monoisotopic (exact) mass is 608 g/mol. The molecule has 0 aliphatic heterocycles. The van der Waals surface area contributed by atoms with Gasteiger partial charge in [-0.15, -0.1) is 0 Å². The molecule has 0 heterocycles. The van der Waals surface area contributed by atoms with Crippen LogP contribution in [0.15, 0.2) is 176 Å². The van der Waals surface area contributed by atoms with Gasteiger partial charge in [0.2, 0.25) is 0 Å². The molecule has 1 unspecified atom stereocenters. The Morgan fingerprint density at radius 1 is 0.354 bits per heavy atom. The second-order valence-electron chi connectivity index (χ2n) is 13.4. The number of hydrogen-bond donors (Lipinski definition) is 0. The molecule has 0 radical (unpaired) electrons. The predicted molar refractivity (Wildman–Crippen MR) is 205 cm³/mol. The van der Waals surface area contributed by atoms with E-state index in [2.05, 4.69) is 183 Å². The van der Waals surface area contributed by atoms with Crippen LogP contribution in [0.25, 0.3) is 76.5 Å². The normalized spacial score (nSPS) is 15.3. The highest BCUT2D eigenvalue weighted by Crippen LogP contribution is 2.54. The summed E-state index contributed by atoms with van der Waals surface area (Å²) in [6.07, 6.45) is 0. The topological polar surface area (TPSA) is 0 Å². The Balaban J connectivity index is 1.29. The van der Waals surface area contributed by atoms with Crippen LogP contribution < -0.4 is 0 Å². The zero-order valence-electron chi connectivity index (χ0n) is 26.7. The average Bonchev–Trinajstić information content (AvgIpc) is 3.41. The van der Waals surface area contributed by atoms with E-state index in [0.717, 1.165) is 0 Å². The lowest BCUT2D eigenvalue weighted by Gasteiger charge is -2.28. The lowest BCUT2D eigenvalue weighted by Crippen LogP contribution is -2.22. The molecule has 0 nitrogen and oxygen atoms in total. The Morgan fingerprint density at radius 3 is 1.81 bits per heavy atom. The highest BCUT2D eigenvalue weighted by molar-refractivity contribution is 6.28. The van der Waals surface area contributed by atoms with E-state index >= 15 is 0 Å². The van der Waals surface area contributed by atoms with E-state index in [1.54, 1.807) is 0 Å². The third kappa shape index (κ3) is 3.78. The molecule has 0 heteroatoms. The Bertz CT molecular complexity index is 2720. The van der Waals surface area contributed by atoms with E-state index in [1.165, 1.54) is 93.2 Å². The van der Waals surface area contributed by atoms with Crippen molar-refractivity contribution < 1.29 is 0 Å². The van der Waals surface area contributed by atoms with Gasteiger partial charge in [0.25, 0.3) is 0 Å². The maximum Gasteiger partial charge on any atom is 0.0435 e. The van der Waals surface area contributed by atoms with Gasteiger partial charge in [-0.2, -0.15) is 0 Å². The van der Waals surface area contributed by atoms with Crippen molar-refractivity contribution in [1.82, 2.24) is 0 Å². The molecule has 0 aromatic heterocycles. The van der Waals surface area contributed by atoms with Crippen molar-refractivity contribution in [3.63, 3.8) is 0 Å². The number of rotatable bonds is 3. The van der Waals surface area contributed by atoms with E-state index in [4.69, 9.17) is 0 Å². The summed E-state index contributed by atoms with van der Waals surface area (Å²) < 4.78 is 0. The fourth-order valence-corrected chi connectivity index (χ4v) is 8.64. The zero-order valence-corrected chi connectivity index (χ0v) is 26.7. The van der Waals surface area contributed by atoms with Gasteiger partial charge in [-0.25, -0.2) is 0 Å². The standard InChI is InChI=1S/C48H32/c1-48(36-17-6-3-7-18-36)43-23-13-12-20-38(43)42-29-33-24-25-34(28-35(33)30-44(42)48)45-39-21-10-11-22-40(39)46(32-15-4-2-5-16-32)47-37-19-9-8-14-31(37)26-27-41(45)47/h2-30H,1H3. The first-order chi connectivity index (χ1) is 23.7. The SMILES string of the molecule is CC1(c2ccccc2)c2ccccc2-c2cc3ccc(-c4c5ccccc5c(-c5ccccc5)c5c4ccc4ccccc45)cc3cc21. The number of fused-ring (bicyclic) bond motifs is 8. The lowest BCUT2D eigenvalue weighted by molar-refractivity contribution is 0.715. The van der Waals surface area contributed by atoms with Crippen molar-refractivity contribution in [1.29, 1.82) is 0 Å². The van der Waals surface area contributed by atoms with Crippen molar-refractivity contribution in [3.05, 3.63) is 193 Å². The first-order valence-electron chi connectivity index (χ1n) is 16.9. The van der Waals surface area contributed by atoms with E-state index in [9.17, 15) is 0 Å². The van der Waals surface area contributed by atoms with Gasteiger partial charge >= 0.3 is 0 Å². The van der Waals surface area contributed by atoms with E-state index in [0.29, 0.717) is 0 Å². The average molecular weight is 609 g/mol. The Morgan fingerprint density at radius 2 is 1.00 bits per heavy atom. The molecule has 0 bridgehead atoms. The molecule has 0 fully saturated rings. The Kier molecular flexibility index (Phi) is 5.81. The van der Waals surface area contributed by atoms with Gasteiger partial charge in [-0.3, -0.25) is 0 Å². The molecular formula is C48H32. The van der Waals surface area contributed by atoms with Crippen LogP contribution in [-0.4, -0.2) is 0 Å². The van der Waals surface area contributed by atoms with E-state index in [1.807, 2.05) is 0 Å². The minimum atomic E-state index is -0.229. The van der Waals surface area contributed by atoms with Gasteiger partial charge in [-0.05, 0) is 118 Å². The van der Waals surface area contributed by atoms with Crippen LogP contribution in [0, 0.1) is 0 Å². The molecule has 224 valence electrons. The third-order valence-electron chi connectivity index (χ3n) is 10.9. The first-order valence-corrected chi connectivity index (χ1v) is 16.9. The third-order valence-corrected chi connectivity index (χ3v) is 10.9. The van der Waals surface area contributed by atoms with Crippen LogP contribution in [0.3, 0.4) is 0 Å². The maximum absolute atomic E-state index is 2.47. The quantitative estimate of drug-likeness (QED) is 0.138. The van der Waals surface area contributed by atoms with Gasteiger partial charge in [0.1, 0.15) is 0 Å². The molecule has 9 aromatic rings. The van der Waals surface area contributed by atoms with Crippen molar-refractivity contribution in [3.8, 4) is 33.4 Å². The smallest absolute Gasteiger partial charge is 0.0435 e. The first kappa shape index (κ1) is 27.2. The van der Waals surface area contributed by atoms with Crippen LogP contribution in [0.2, 0.25) is 0 Å². The van der Waals surface area contributed by atoms with E-state index < -0.39 is 0 Å². The zero-order chi connectivity index (χ0) is 31.8. The summed E-state index contributed by atoms with van der Waals surface area (Å²) in [6.45, 7) is 2.40. The van der Waals surface area contributed by atoms with Gasteiger partial charge in [0, 0.05) is 5.41 Å². The molecule has 10 rings (SSSR count). The minimum absolute atomic E-state index is 0.229. The van der Waals surface area contributed by atoms with Crippen molar-refractivity contribution >= 4 is 43.1 Å². The van der Waals surface area contributed by atoms with Gasteiger partial charge in [0.15, 0.2) is 0 Å². The highest BCUT2D eigenvalue weighted by Gasteiger charge is 2.40. The molecule has 1 aliphatic rings. The van der Waals surface area contributed by atoms with Crippen molar-refractivity contribution in [2.75, 3.05) is 0 Å². The molecule has 48 heavy (non-hydrogen) atoms. The molecule has 0 saturated heterocycles. The molecule has 9 aromatic carbocycles. The summed E-state index contributed by atoms with van der Waals surface area (Å²) in [5, 5.41) is 10.2. The number of hydrogen-bond acceptors (Lipinski definition) is 0. The summed E-state index contributed by atoms with van der Waals surface area (Å²) >= 11 is 0. The van der Waals surface area contributed by atoms with Gasteiger partial charge < -0.3 is 0 Å². The fraction of sp³-hybridized carbons (Fsp3) is 0.0417. The largest absolute Gasteiger partial charge is 0.0622 e. The van der Waals surface area contributed by atoms with Crippen LogP contribution >= 0.6 is 0 Å². The molecule has 0 saturated carbocycles. The summed E-state index contributed by atoms with van der Waals surface area (Å²) in [6, 6.07) is 65.3. The molecule has 0 N–H and O–H groups in total.